The van der Waals surface area contributed by atoms with E-state index < -0.39 is 0 Å². The average Bonchev–Trinajstić information content (AvgIpc) is 2.40. The van der Waals surface area contributed by atoms with Crippen LogP contribution < -0.4 is 10.6 Å². The van der Waals surface area contributed by atoms with Crippen molar-refractivity contribution in [2.75, 3.05) is 11.4 Å². The lowest BCUT2D eigenvalue weighted by Gasteiger charge is -2.35. The molecule has 1 saturated carbocycles. The second kappa shape index (κ2) is 6.42. The van der Waals surface area contributed by atoms with Crippen LogP contribution in [0.3, 0.4) is 0 Å². The Kier molecular flexibility index (Phi) is 4.86. The van der Waals surface area contributed by atoms with E-state index in [1.807, 2.05) is 6.07 Å². The van der Waals surface area contributed by atoms with Gasteiger partial charge < -0.3 is 10.6 Å². The Morgan fingerprint density at radius 1 is 1.37 bits per heavy atom. The molecule has 0 aromatic heterocycles. The van der Waals surface area contributed by atoms with Gasteiger partial charge >= 0.3 is 0 Å². The molecule has 1 aliphatic rings. The number of anilines is 1. The fourth-order valence-electron chi connectivity index (χ4n) is 2.95. The van der Waals surface area contributed by atoms with Crippen molar-refractivity contribution in [3.8, 4) is 0 Å². The highest BCUT2D eigenvalue weighted by molar-refractivity contribution is 9.10. The summed E-state index contributed by atoms with van der Waals surface area (Å²) in [5.74, 6) is 0.110. The van der Waals surface area contributed by atoms with Gasteiger partial charge in [0.05, 0.1) is 0 Å². The monoisotopic (exact) mass is 323 g/mol. The third kappa shape index (κ3) is 3.30. The van der Waals surface area contributed by atoms with Crippen LogP contribution in [0.5, 0.6) is 0 Å². The van der Waals surface area contributed by atoms with Crippen LogP contribution in [0.25, 0.3) is 0 Å². The van der Waals surface area contributed by atoms with Crippen molar-refractivity contribution in [3.63, 3.8) is 0 Å². The van der Waals surface area contributed by atoms with E-state index in [1.165, 1.54) is 37.8 Å². The fourth-order valence-corrected chi connectivity index (χ4v) is 3.53. The molecule has 1 aromatic rings. The molecule has 3 N–H and O–H groups in total. The number of halogens is 1. The van der Waals surface area contributed by atoms with E-state index >= 15 is 0 Å². The number of hydrogen-bond donors (Lipinski definition) is 2. The molecule has 0 unspecified atom stereocenters. The first-order valence-electron chi connectivity index (χ1n) is 7.04. The second-order valence-electron chi connectivity index (χ2n) is 5.16. The van der Waals surface area contributed by atoms with Crippen molar-refractivity contribution in [2.45, 2.75) is 45.1 Å². The highest BCUT2D eigenvalue weighted by Gasteiger charge is 2.20. The second-order valence-corrected chi connectivity index (χ2v) is 6.01. The number of nitrogens with zero attached hydrogens (tertiary/aromatic N) is 1. The maximum Gasteiger partial charge on any atom is 0.123 e. The predicted octanol–water partition coefficient (Wildman–Crippen LogP) is 3.89. The number of hydrogen-bond acceptors (Lipinski definition) is 2. The lowest BCUT2D eigenvalue weighted by Crippen LogP contribution is -2.36. The first-order valence-corrected chi connectivity index (χ1v) is 7.83. The Hall–Kier alpha value is -1.03. The summed E-state index contributed by atoms with van der Waals surface area (Å²) in [6, 6.07) is 6.77. The molecule has 0 atom stereocenters. The van der Waals surface area contributed by atoms with Crippen LogP contribution in [0.4, 0.5) is 5.69 Å². The molecule has 0 amide bonds. The quantitative estimate of drug-likeness (QED) is 0.652. The molecular formula is C15H22BrN3. The summed E-state index contributed by atoms with van der Waals surface area (Å²) in [5, 5.41) is 7.53. The maximum absolute atomic E-state index is 7.53. The topological polar surface area (TPSA) is 53.1 Å². The van der Waals surface area contributed by atoms with Crippen LogP contribution in [0.1, 0.15) is 44.6 Å². The Labute approximate surface area is 123 Å². The smallest absolute Gasteiger partial charge is 0.123 e. The molecule has 0 heterocycles. The number of benzene rings is 1. The highest BCUT2D eigenvalue weighted by Crippen LogP contribution is 2.30. The van der Waals surface area contributed by atoms with Crippen molar-refractivity contribution in [2.24, 2.45) is 5.73 Å². The molecule has 1 fully saturated rings. The Morgan fingerprint density at radius 2 is 2.05 bits per heavy atom. The maximum atomic E-state index is 7.53. The molecule has 104 valence electrons. The number of rotatable bonds is 4. The van der Waals surface area contributed by atoms with Gasteiger partial charge in [0.2, 0.25) is 0 Å². The van der Waals surface area contributed by atoms with E-state index in [0.717, 1.165) is 16.6 Å². The van der Waals surface area contributed by atoms with Gasteiger partial charge in [-0.3, -0.25) is 5.41 Å². The van der Waals surface area contributed by atoms with Crippen LogP contribution in [-0.2, 0) is 0 Å². The molecule has 0 bridgehead atoms. The van der Waals surface area contributed by atoms with Crippen molar-refractivity contribution >= 4 is 27.5 Å². The van der Waals surface area contributed by atoms with Gasteiger partial charge in [0.25, 0.3) is 0 Å². The predicted molar refractivity (Wildman–Crippen MR) is 85.1 cm³/mol. The minimum atomic E-state index is 0.110. The Morgan fingerprint density at radius 3 is 2.58 bits per heavy atom. The standard InChI is InChI=1S/C15H22BrN3/c1-2-19(11-6-4-3-5-7-11)12-8-9-13(15(17)18)14(16)10-12/h8-11H,2-7H2,1H3,(H3,17,18). The molecular weight excluding hydrogens is 302 g/mol. The van der Waals surface area contributed by atoms with E-state index in [2.05, 4.69) is 39.9 Å². The molecule has 3 nitrogen and oxygen atoms in total. The van der Waals surface area contributed by atoms with Gasteiger partial charge in [0.1, 0.15) is 5.84 Å². The van der Waals surface area contributed by atoms with Crippen LogP contribution >= 0.6 is 15.9 Å². The number of nitrogens with one attached hydrogen (secondary N) is 1. The van der Waals surface area contributed by atoms with Crippen LogP contribution in [0.15, 0.2) is 22.7 Å². The minimum Gasteiger partial charge on any atom is -0.384 e. The zero-order chi connectivity index (χ0) is 13.8. The SMILES string of the molecule is CCN(c1ccc(C(=N)N)c(Br)c1)C1CCCCC1. The molecule has 0 saturated heterocycles. The lowest BCUT2D eigenvalue weighted by atomic mass is 9.93. The Balaban J connectivity index is 2.23. The lowest BCUT2D eigenvalue weighted by molar-refractivity contribution is 0.418. The summed E-state index contributed by atoms with van der Waals surface area (Å²) in [6.45, 7) is 3.23. The van der Waals surface area contributed by atoms with E-state index in [0.29, 0.717) is 6.04 Å². The summed E-state index contributed by atoms with van der Waals surface area (Å²) in [7, 11) is 0. The van der Waals surface area contributed by atoms with E-state index in [1.54, 1.807) is 0 Å². The summed E-state index contributed by atoms with van der Waals surface area (Å²) in [6.07, 6.45) is 6.64. The van der Waals surface area contributed by atoms with Gasteiger partial charge in [-0.15, -0.1) is 0 Å². The molecule has 19 heavy (non-hydrogen) atoms. The zero-order valence-corrected chi connectivity index (χ0v) is 13.0. The van der Waals surface area contributed by atoms with E-state index in [9.17, 15) is 0 Å². The molecule has 0 radical (unpaired) electrons. The van der Waals surface area contributed by atoms with Gasteiger partial charge in [-0.1, -0.05) is 19.3 Å². The van der Waals surface area contributed by atoms with E-state index in [4.69, 9.17) is 11.1 Å². The Bertz CT molecular complexity index is 453. The number of nitrogen functional groups attached to an aromatic ring is 1. The summed E-state index contributed by atoms with van der Waals surface area (Å²) >= 11 is 3.52. The van der Waals surface area contributed by atoms with Gasteiger partial charge in [-0.2, -0.15) is 0 Å². The third-order valence-electron chi connectivity index (χ3n) is 3.93. The van der Waals surface area contributed by atoms with Crippen LogP contribution in [-0.4, -0.2) is 18.4 Å². The van der Waals surface area contributed by atoms with Crippen LogP contribution in [0, 0.1) is 5.41 Å². The summed E-state index contributed by atoms with van der Waals surface area (Å²) in [4.78, 5) is 2.48. The number of amidine groups is 1. The van der Waals surface area contributed by atoms with Crippen LogP contribution in [0.2, 0.25) is 0 Å². The molecule has 1 aliphatic carbocycles. The van der Waals surface area contributed by atoms with Crippen molar-refractivity contribution in [1.29, 1.82) is 5.41 Å². The summed E-state index contributed by atoms with van der Waals surface area (Å²) < 4.78 is 0.909. The minimum absolute atomic E-state index is 0.110. The fraction of sp³-hybridized carbons (Fsp3) is 0.533. The summed E-state index contributed by atoms with van der Waals surface area (Å²) in [5.41, 5.74) is 7.55. The van der Waals surface area contributed by atoms with Crippen molar-refractivity contribution < 1.29 is 0 Å². The first kappa shape index (κ1) is 14.4. The largest absolute Gasteiger partial charge is 0.384 e. The third-order valence-corrected chi connectivity index (χ3v) is 4.59. The van der Waals surface area contributed by atoms with Gasteiger partial charge in [0, 0.05) is 28.3 Å². The highest BCUT2D eigenvalue weighted by atomic mass is 79.9. The molecule has 0 aliphatic heterocycles. The normalized spacial score (nSPS) is 16.3. The molecule has 1 aromatic carbocycles. The van der Waals surface area contributed by atoms with Gasteiger partial charge in [-0.05, 0) is 53.9 Å². The van der Waals surface area contributed by atoms with Gasteiger partial charge in [0.15, 0.2) is 0 Å². The van der Waals surface area contributed by atoms with Crippen molar-refractivity contribution in [1.82, 2.24) is 0 Å². The molecule has 0 spiro atoms. The molecule has 4 heteroatoms. The molecule has 2 rings (SSSR count). The van der Waals surface area contributed by atoms with Gasteiger partial charge in [-0.25, -0.2) is 0 Å². The number of nitrogens with two attached hydrogens (primary N) is 1. The zero-order valence-electron chi connectivity index (χ0n) is 11.5. The average molecular weight is 324 g/mol. The first-order chi connectivity index (χ1) is 9.13. The van der Waals surface area contributed by atoms with E-state index in [-0.39, 0.29) is 5.84 Å². The van der Waals surface area contributed by atoms with Crippen molar-refractivity contribution in [3.05, 3.63) is 28.2 Å².